The van der Waals surface area contributed by atoms with Gasteiger partial charge in [0, 0.05) is 0 Å². The van der Waals surface area contributed by atoms with Crippen LogP contribution in [0.15, 0.2) is 0 Å². The summed E-state index contributed by atoms with van der Waals surface area (Å²) in [5.74, 6) is -0.854. The predicted octanol–water partition coefficient (Wildman–Crippen LogP) is -2.76. The van der Waals surface area contributed by atoms with Crippen molar-refractivity contribution in [2.24, 2.45) is 0 Å². The van der Waals surface area contributed by atoms with Gasteiger partial charge in [-0.1, -0.05) is 0 Å². The highest BCUT2D eigenvalue weighted by molar-refractivity contribution is 5.66. The van der Waals surface area contributed by atoms with Gasteiger partial charge in [0.25, 0.3) is 0 Å². The first-order valence-corrected chi connectivity index (χ1v) is 7.25. The molecule has 0 spiro atoms. The highest BCUT2D eigenvalue weighted by atomic mass is 35.5. The number of likely N-dealkylation sites (N-methyl/N-ethyl adjacent to an activating group) is 1. The number of ether oxygens (including phenoxy) is 4. The molecule has 0 unspecified atom stereocenters. The molecule has 0 atom stereocenters. The molecule has 0 saturated heterocycles. The van der Waals surface area contributed by atoms with Gasteiger partial charge in [0.1, 0.15) is 6.54 Å². The Labute approximate surface area is 139 Å². The van der Waals surface area contributed by atoms with Crippen LogP contribution in [0.5, 0.6) is 0 Å². The topological polar surface area (TPSA) is 74.2 Å². The number of carboxylic acids is 1. The number of aliphatic carboxylic acids is 1. The molecule has 0 rings (SSSR count). The summed E-state index contributed by atoms with van der Waals surface area (Å²) in [6.07, 6.45) is 0.0250. The number of halogens is 1. The highest BCUT2D eigenvalue weighted by Crippen LogP contribution is 1.89. The van der Waals surface area contributed by atoms with E-state index in [0.29, 0.717) is 39.6 Å². The van der Waals surface area contributed by atoms with Crippen LogP contribution in [0.1, 0.15) is 6.42 Å². The minimum Gasteiger partial charge on any atom is -1.00 e. The van der Waals surface area contributed by atoms with Crippen molar-refractivity contribution in [3.8, 4) is 0 Å². The smallest absolute Gasteiger partial charge is 0.305 e. The Balaban J connectivity index is 0. The maximum atomic E-state index is 10.2. The van der Waals surface area contributed by atoms with Crippen LogP contribution in [-0.2, 0) is 23.7 Å². The Bertz CT molecular complexity index is 260. The first kappa shape index (κ1) is 23.8. The Morgan fingerprint density at radius 2 is 1.14 bits per heavy atom. The summed E-state index contributed by atoms with van der Waals surface area (Å²) < 4.78 is 22.0. The molecule has 0 saturated carbocycles. The normalized spacial score (nSPS) is 11.2. The third-order valence-corrected chi connectivity index (χ3v) is 2.48. The molecular weight excluding hydrogens is 314 g/mol. The van der Waals surface area contributed by atoms with Crippen molar-refractivity contribution in [3.05, 3.63) is 0 Å². The van der Waals surface area contributed by atoms with Crippen molar-refractivity contribution in [2.75, 3.05) is 80.5 Å². The molecule has 134 valence electrons. The lowest BCUT2D eigenvalue weighted by Gasteiger charge is -2.23. The number of carboxylic acid groups (broad SMARTS) is 1. The lowest BCUT2D eigenvalue weighted by atomic mass is 10.5. The fraction of sp³-hybridized carbons (Fsp3) is 0.929. The summed E-state index contributed by atoms with van der Waals surface area (Å²) >= 11 is 0. The monoisotopic (exact) mass is 343 g/mol. The second-order valence-electron chi connectivity index (χ2n) is 5.61. The largest absolute Gasteiger partial charge is 1.00 e. The number of nitrogens with zero attached hydrogens (tertiary/aromatic N) is 1. The Kier molecular flexibility index (Phi) is 16.7. The SMILES string of the molecule is C[N+](C)(C)CCOCCOCCOCCOCCC(=O)O.[Cl-]. The van der Waals surface area contributed by atoms with Crippen LogP contribution in [0, 0.1) is 0 Å². The standard InChI is InChI=1S/C14H29NO6.ClH/c1-15(2,3)5-7-19-9-11-21-13-12-20-10-8-18-6-4-14(16)17;/h4-13H2,1-3H3;1H. The average molecular weight is 344 g/mol. The molecule has 0 aliphatic carbocycles. The molecule has 0 aromatic rings. The van der Waals surface area contributed by atoms with Gasteiger partial charge in [-0.25, -0.2) is 0 Å². The first-order chi connectivity index (χ1) is 9.92. The van der Waals surface area contributed by atoms with Gasteiger partial charge in [-0.05, 0) is 0 Å². The van der Waals surface area contributed by atoms with Crippen LogP contribution in [0.25, 0.3) is 0 Å². The van der Waals surface area contributed by atoms with E-state index in [0.717, 1.165) is 17.6 Å². The minimum atomic E-state index is -0.854. The van der Waals surface area contributed by atoms with E-state index in [1.165, 1.54) is 0 Å². The summed E-state index contributed by atoms with van der Waals surface area (Å²) in [6, 6.07) is 0. The zero-order valence-electron chi connectivity index (χ0n) is 13.9. The summed E-state index contributed by atoms with van der Waals surface area (Å²) in [7, 11) is 6.38. The van der Waals surface area contributed by atoms with E-state index in [2.05, 4.69) is 21.1 Å². The van der Waals surface area contributed by atoms with Crippen LogP contribution >= 0.6 is 0 Å². The van der Waals surface area contributed by atoms with Gasteiger partial charge in [-0.2, -0.15) is 0 Å². The number of hydrogen-bond donors (Lipinski definition) is 1. The highest BCUT2D eigenvalue weighted by Gasteiger charge is 2.05. The average Bonchev–Trinajstić information content (AvgIpc) is 2.37. The van der Waals surface area contributed by atoms with Crippen molar-refractivity contribution in [1.82, 2.24) is 0 Å². The van der Waals surface area contributed by atoms with E-state index in [1.807, 2.05) is 0 Å². The van der Waals surface area contributed by atoms with E-state index < -0.39 is 5.97 Å². The van der Waals surface area contributed by atoms with Crippen LogP contribution < -0.4 is 12.4 Å². The van der Waals surface area contributed by atoms with Crippen LogP contribution in [0.4, 0.5) is 0 Å². The minimum absolute atomic E-state index is 0. The third-order valence-electron chi connectivity index (χ3n) is 2.48. The van der Waals surface area contributed by atoms with Crippen molar-refractivity contribution < 1.29 is 45.7 Å². The van der Waals surface area contributed by atoms with Crippen molar-refractivity contribution in [3.63, 3.8) is 0 Å². The molecule has 0 heterocycles. The Hall–Kier alpha value is -0.440. The summed E-state index contributed by atoms with van der Waals surface area (Å²) in [5, 5.41) is 8.39. The van der Waals surface area contributed by atoms with Gasteiger partial charge >= 0.3 is 5.97 Å². The summed E-state index contributed by atoms with van der Waals surface area (Å²) in [6.45, 7) is 4.97. The summed E-state index contributed by atoms with van der Waals surface area (Å²) in [4.78, 5) is 10.2. The molecule has 8 heteroatoms. The molecule has 0 bridgehead atoms. The second kappa shape index (κ2) is 15.5. The van der Waals surface area contributed by atoms with Crippen molar-refractivity contribution >= 4 is 5.97 Å². The molecule has 0 aromatic carbocycles. The predicted molar refractivity (Wildman–Crippen MR) is 78.4 cm³/mol. The van der Waals surface area contributed by atoms with E-state index in [4.69, 9.17) is 24.1 Å². The number of quaternary nitrogens is 1. The molecule has 7 nitrogen and oxygen atoms in total. The summed E-state index contributed by atoms with van der Waals surface area (Å²) in [5.41, 5.74) is 0. The molecule has 0 aliphatic heterocycles. The maximum Gasteiger partial charge on any atom is 0.305 e. The van der Waals surface area contributed by atoms with E-state index in [9.17, 15) is 4.79 Å². The van der Waals surface area contributed by atoms with E-state index in [-0.39, 0.29) is 25.4 Å². The van der Waals surface area contributed by atoms with Gasteiger partial charge in [0.05, 0.1) is 80.4 Å². The van der Waals surface area contributed by atoms with E-state index >= 15 is 0 Å². The zero-order valence-corrected chi connectivity index (χ0v) is 14.6. The third kappa shape index (κ3) is 21.9. The van der Waals surface area contributed by atoms with Gasteiger partial charge in [0.15, 0.2) is 0 Å². The van der Waals surface area contributed by atoms with Crippen LogP contribution in [-0.4, -0.2) is 96.1 Å². The van der Waals surface area contributed by atoms with Crippen molar-refractivity contribution in [2.45, 2.75) is 6.42 Å². The van der Waals surface area contributed by atoms with Gasteiger partial charge in [-0.3, -0.25) is 4.79 Å². The number of hydrogen-bond acceptors (Lipinski definition) is 5. The molecule has 0 radical (unpaired) electrons. The second-order valence-corrected chi connectivity index (χ2v) is 5.61. The van der Waals surface area contributed by atoms with Crippen molar-refractivity contribution in [1.29, 1.82) is 0 Å². The quantitative estimate of drug-likeness (QED) is 0.256. The molecule has 0 aromatic heterocycles. The number of carbonyl (C=O) groups is 1. The molecule has 0 amide bonds. The zero-order chi connectivity index (χ0) is 16.0. The van der Waals surface area contributed by atoms with Gasteiger partial charge < -0.3 is 40.9 Å². The number of rotatable bonds is 15. The molecule has 0 aliphatic rings. The molecule has 0 fully saturated rings. The fourth-order valence-corrected chi connectivity index (χ4v) is 1.26. The molecule has 22 heavy (non-hydrogen) atoms. The Morgan fingerprint density at radius 3 is 1.50 bits per heavy atom. The molecular formula is C14H30ClNO6. The maximum absolute atomic E-state index is 10.2. The fourth-order valence-electron chi connectivity index (χ4n) is 1.26. The lowest BCUT2D eigenvalue weighted by molar-refractivity contribution is -0.870. The Morgan fingerprint density at radius 1 is 0.773 bits per heavy atom. The van der Waals surface area contributed by atoms with E-state index in [1.54, 1.807) is 0 Å². The van der Waals surface area contributed by atoms with Crippen LogP contribution in [0.3, 0.4) is 0 Å². The lowest BCUT2D eigenvalue weighted by Crippen LogP contribution is -3.00. The molecule has 1 N–H and O–H groups in total. The van der Waals surface area contributed by atoms with Crippen LogP contribution in [0.2, 0.25) is 0 Å². The first-order valence-electron chi connectivity index (χ1n) is 7.25. The van der Waals surface area contributed by atoms with Gasteiger partial charge in [0.2, 0.25) is 0 Å². The van der Waals surface area contributed by atoms with Gasteiger partial charge in [-0.15, -0.1) is 0 Å².